The van der Waals surface area contributed by atoms with Gasteiger partial charge < -0.3 is 20.4 Å². The second kappa shape index (κ2) is 10.1. The summed E-state index contributed by atoms with van der Waals surface area (Å²) in [5, 5.41) is 23.4. The maximum atomic E-state index is 10.2. The average Bonchev–Trinajstić information content (AvgIpc) is 2.85. The smallest absolute Gasteiger partial charge is 0.229 e. The van der Waals surface area contributed by atoms with Gasteiger partial charge in [-0.05, 0) is 37.5 Å². The van der Waals surface area contributed by atoms with Crippen LogP contribution in [0.4, 0.5) is 17.6 Å². The largest absolute Gasteiger partial charge is 0.395 e. The molecule has 3 aromatic rings. The summed E-state index contributed by atoms with van der Waals surface area (Å²) in [4.78, 5) is 25.8. The van der Waals surface area contributed by atoms with Crippen molar-refractivity contribution in [2.24, 2.45) is 5.41 Å². The Morgan fingerprint density at radius 1 is 1.03 bits per heavy atom. The van der Waals surface area contributed by atoms with Crippen LogP contribution in [0.15, 0.2) is 30.6 Å². The number of nitrogens with zero attached hydrogens (tertiary/aromatic N) is 7. The predicted molar refractivity (Wildman–Crippen MR) is 143 cm³/mol. The molecule has 37 heavy (non-hydrogen) atoms. The standard InChI is InChI=1S/C27H36N8O2/c1-19(37)22-13-21-15-29-26(32-24(21)25(30-22)35-17-27(18-35)5-2-6-27)31-23-4-3-20(14-28-23)16-34-9-7-33(8-10-34)11-12-36/h3-4,13-15,19,36-37H,2,5-12,16-18H2,1H3,(H,28,29,31,32)/t19-/m1/s1. The summed E-state index contributed by atoms with van der Waals surface area (Å²) in [6.07, 6.45) is 6.96. The van der Waals surface area contributed by atoms with E-state index in [4.69, 9.17) is 15.1 Å². The van der Waals surface area contributed by atoms with E-state index < -0.39 is 6.10 Å². The molecule has 3 aromatic heterocycles. The monoisotopic (exact) mass is 504 g/mol. The molecular formula is C27H36N8O2. The number of fused-ring (bicyclic) bond motifs is 1. The lowest BCUT2D eigenvalue weighted by Crippen LogP contribution is -2.60. The molecule has 1 saturated carbocycles. The number of hydrogen-bond acceptors (Lipinski definition) is 10. The van der Waals surface area contributed by atoms with Gasteiger partial charge in [-0.15, -0.1) is 0 Å². The average molecular weight is 505 g/mol. The zero-order valence-corrected chi connectivity index (χ0v) is 21.5. The third-order valence-corrected chi connectivity index (χ3v) is 8.11. The lowest BCUT2D eigenvalue weighted by molar-refractivity contribution is 0.0897. The van der Waals surface area contributed by atoms with Crippen LogP contribution in [-0.2, 0) is 6.54 Å². The van der Waals surface area contributed by atoms with Crippen LogP contribution in [0.3, 0.4) is 0 Å². The van der Waals surface area contributed by atoms with Gasteiger partial charge in [0.1, 0.15) is 11.3 Å². The Morgan fingerprint density at radius 3 is 2.46 bits per heavy atom. The predicted octanol–water partition coefficient (Wildman–Crippen LogP) is 2.32. The van der Waals surface area contributed by atoms with E-state index in [1.165, 1.54) is 24.8 Å². The Balaban J connectivity index is 1.15. The summed E-state index contributed by atoms with van der Waals surface area (Å²) >= 11 is 0. The molecule has 1 atom stereocenters. The molecule has 2 aliphatic heterocycles. The Bertz CT molecular complexity index is 1230. The van der Waals surface area contributed by atoms with E-state index in [1.807, 2.05) is 18.3 Å². The van der Waals surface area contributed by atoms with E-state index in [0.29, 0.717) is 22.9 Å². The molecule has 6 rings (SSSR count). The molecular weight excluding hydrogens is 468 g/mol. The second-order valence-corrected chi connectivity index (χ2v) is 10.9. The third kappa shape index (κ3) is 5.11. The van der Waals surface area contributed by atoms with Crippen molar-refractivity contribution in [3.63, 3.8) is 0 Å². The van der Waals surface area contributed by atoms with Gasteiger partial charge in [0.05, 0.1) is 18.4 Å². The van der Waals surface area contributed by atoms with E-state index in [1.54, 1.807) is 13.1 Å². The van der Waals surface area contributed by atoms with Crippen molar-refractivity contribution < 1.29 is 10.2 Å². The van der Waals surface area contributed by atoms with Crippen LogP contribution in [0.5, 0.6) is 0 Å². The molecule has 1 spiro atoms. The van der Waals surface area contributed by atoms with Crippen LogP contribution in [0, 0.1) is 5.41 Å². The number of pyridine rings is 2. The van der Waals surface area contributed by atoms with Gasteiger partial charge in [-0.1, -0.05) is 12.5 Å². The van der Waals surface area contributed by atoms with Gasteiger partial charge in [0.2, 0.25) is 5.95 Å². The number of hydrogen-bond donors (Lipinski definition) is 3. The Hall–Kier alpha value is -2.92. The number of nitrogens with one attached hydrogen (secondary N) is 1. The van der Waals surface area contributed by atoms with Crippen molar-refractivity contribution in [2.75, 3.05) is 62.6 Å². The minimum absolute atomic E-state index is 0.221. The summed E-state index contributed by atoms with van der Waals surface area (Å²) in [7, 11) is 0. The summed E-state index contributed by atoms with van der Waals surface area (Å²) in [6.45, 7) is 9.56. The zero-order chi connectivity index (χ0) is 25.4. The lowest BCUT2D eigenvalue weighted by atomic mass is 9.63. The van der Waals surface area contributed by atoms with E-state index >= 15 is 0 Å². The van der Waals surface area contributed by atoms with Gasteiger partial charge in [0, 0.05) is 75.6 Å². The van der Waals surface area contributed by atoms with Crippen molar-refractivity contribution in [3.8, 4) is 0 Å². The van der Waals surface area contributed by atoms with Crippen LogP contribution >= 0.6 is 0 Å². The molecule has 3 N–H and O–H groups in total. The molecule has 1 aliphatic carbocycles. The van der Waals surface area contributed by atoms with Gasteiger partial charge >= 0.3 is 0 Å². The number of piperazine rings is 1. The maximum absolute atomic E-state index is 10.2. The van der Waals surface area contributed by atoms with E-state index in [-0.39, 0.29) is 6.61 Å². The Morgan fingerprint density at radius 2 is 1.81 bits per heavy atom. The molecule has 0 aromatic carbocycles. The fraction of sp³-hybridized carbons (Fsp3) is 0.556. The Kier molecular flexibility index (Phi) is 6.66. The first-order valence-corrected chi connectivity index (χ1v) is 13.4. The van der Waals surface area contributed by atoms with Gasteiger partial charge in [-0.3, -0.25) is 9.80 Å². The number of aromatic nitrogens is 4. The van der Waals surface area contributed by atoms with Gasteiger partial charge in [-0.25, -0.2) is 19.9 Å². The molecule has 0 amide bonds. The molecule has 10 heteroatoms. The topological polar surface area (TPSA) is 114 Å². The normalized spacial score (nSPS) is 20.6. The molecule has 5 heterocycles. The fourth-order valence-electron chi connectivity index (χ4n) is 5.72. The summed E-state index contributed by atoms with van der Waals surface area (Å²) in [5.41, 5.74) is 3.07. The quantitative estimate of drug-likeness (QED) is 0.422. The number of anilines is 3. The number of aliphatic hydroxyl groups excluding tert-OH is 2. The van der Waals surface area contributed by atoms with Crippen molar-refractivity contribution in [2.45, 2.75) is 38.8 Å². The molecule has 2 saturated heterocycles. The summed E-state index contributed by atoms with van der Waals surface area (Å²) < 4.78 is 0. The maximum Gasteiger partial charge on any atom is 0.229 e. The fourth-order valence-corrected chi connectivity index (χ4v) is 5.72. The number of β-amino-alcohol motifs (C(OH)–C–C–N with tert-alkyl or cyclic N) is 1. The van der Waals surface area contributed by atoms with Gasteiger partial charge in [0.15, 0.2) is 5.82 Å². The highest BCUT2D eigenvalue weighted by molar-refractivity contribution is 5.90. The van der Waals surface area contributed by atoms with Gasteiger partial charge in [0.25, 0.3) is 0 Å². The lowest BCUT2D eigenvalue weighted by Gasteiger charge is -2.56. The highest BCUT2D eigenvalue weighted by Gasteiger charge is 2.48. The van der Waals surface area contributed by atoms with Crippen LogP contribution in [0.1, 0.15) is 43.5 Å². The minimum Gasteiger partial charge on any atom is -0.395 e. The summed E-state index contributed by atoms with van der Waals surface area (Å²) in [5.74, 6) is 2.02. The number of aliphatic hydroxyl groups is 2. The van der Waals surface area contributed by atoms with Crippen LogP contribution in [0.2, 0.25) is 0 Å². The van der Waals surface area contributed by atoms with Crippen molar-refractivity contribution >= 4 is 28.5 Å². The zero-order valence-electron chi connectivity index (χ0n) is 21.5. The number of rotatable bonds is 8. The van der Waals surface area contributed by atoms with E-state index in [2.05, 4.69) is 36.1 Å². The molecule has 196 valence electrons. The first-order valence-electron chi connectivity index (χ1n) is 13.4. The molecule has 10 nitrogen and oxygen atoms in total. The van der Waals surface area contributed by atoms with Crippen LogP contribution in [-0.4, -0.2) is 92.4 Å². The minimum atomic E-state index is -0.646. The highest BCUT2D eigenvalue weighted by Crippen LogP contribution is 2.50. The van der Waals surface area contributed by atoms with E-state index in [0.717, 1.165) is 69.1 Å². The first kappa shape index (κ1) is 24.4. The van der Waals surface area contributed by atoms with Crippen LogP contribution in [0.25, 0.3) is 10.9 Å². The van der Waals surface area contributed by atoms with Crippen LogP contribution < -0.4 is 10.2 Å². The molecule has 0 unspecified atom stereocenters. The molecule has 0 radical (unpaired) electrons. The first-order chi connectivity index (χ1) is 18.0. The third-order valence-electron chi connectivity index (χ3n) is 8.11. The molecule has 3 aliphatic rings. The second-order valence-electron chi connectivity index (χ2n) is 10.9. The van der Waals surface area contributed by atoms with Crippen molar-refractivity contribution in [1.29, 1.82) is 0 Å². The highest BCUT2D eigenvalue weighted by atomic mass is 16.3. The Labute approximate surface area is 217 Å². The van der Waals surface area contributed by atoms with E-state index in [9.17, 15) is 5.11 Å². The summed E-state index contributed by atoms with van der Waals surface area (Å²) in [6, 6.07) is 5.94. The SMILES string of the molecule is C[C@@H](O)c1cc2cnc(Nc3ccc(CN4CCN(CCO)CC4)cn3)nc2c(N2CC3(CCC3)C2)n1. The van der Waals surface area contributed by atoms with Gasteiger partial charge in [-0.2, -0.15) is 0 Å². The molecule has 3 fully saturated rings. The van der Waals surface area contributed by atoms with Crippen molar-refractivity contribution in [1.82, 2.24) is 29.7 Å². The van der Waals surface area contributed by atoms with Crippen molar-refractivity contribution in [3.05, 3.63) is 41.9 Å². The molecule has 0 bridgehead atoms.